The quantitative estimate of drug-likeness (QED) is 0.813. The monoisotopic (exact) mass is 290 g/mol. The van der Waals surface area contributed by atoms with E-state index in [1.807, 2.05) is 12.1 Å². The van der Waals surface area contributed by atoms with E-state index in [0.29, 0.717) is 24.5 Å². The SMILES string of the molecule is CCC1CCCCC1OCC(O)c1ccc(C(C)C)cc1. The van der Waals surface area contributed by atoms with E-state index in [9.17, 15) is 5.11 Å². The fraction of sp³-hybridized carbons (Fsp3) is 0.684. The Bertz CT molecular complexity index is 410. The highest BCUT2D eigenvalue weighted by molar-refractivity contribution is 5.26. The molecule has 2 heteroatoms. The van der Waals surface area contributed by atoms with Crippen LogP contribution in [0.15, 0.2) is 24.3 Å². The first-order valence-corrected chi connectivity index (χ1v) is 8.51. The van der Waals surface area contributed by atoms with Crippen molar-refractivity contribution in [3.63, 3.8) is 0 Å². The third-order valence-corrected chi connectivity index (χ3v) is 4.82. The van der Waals surface area contributed by atoms with Gasteiger partial charge >= 0.3 is 0 Å². The molecule has 1 aliphatic carbocycles. The van der Waals surface area contributed by atoms with Crippen molar-refractivity contribution in [1.29, 1.82) is 0 Å². The molecular formula is C19H30O2. The van der Waals surface area contributed by atoms with Crippen LogP contribution in [0.1, 0.15) is 76.0 Å². The van der Waals surface area contributed by atoms with Gasteiger partial charge in [0.2, 0.25) is 0 Å². The van der Waals surface area contributed by atoms with E-state index < -0.39 is 6.10 Å². The highest BCUT2D eigenvalue weighted by atomic mass is 16.5. The number of aliphatic hydroxyl groups is 1. The van der Waals surface area contributed by atoms with Crippen LogP contribution >= 0.6 is 0 Å². The second kappa shape index (κ2) is 7.95. The van der Waals surface area contributed by atoms with Crippen LogP contribution < -0.4 is 0 Å². The minimum atomic E-state index is -0.509. The summed E-state index contributed by atoms with van der Waals surface area (Å²) in [5, 5.41) is 10.3. The third kappa shape index (κ3) is 4.55. The van der Waals surface area contributed by atoms with Gasteiger partial charge in [-0.15, -0.1) is 0 Å². The Kier molecular flexibility index (Phi) is 6.25. The van der Waals surface area contributed by atoms with E-state index in [1.165, 1.54) is 31.2 Å². The van der Waals surface area contributed by atoms with Crippen LogP contribution in [0.4, 0.5) is 0 Å². The molecule has 0 saturated heterocycles. The first kappa shape index (κ1) is 16.5. The molecule has 118 valence electrons. The van der Waals surface area contributed by atoms with Crippen LogP contribution in [-0.4, -0.2) is 17.8 Å². The van der Waals surface area contributed by atoms with Crippen molar-refractivity contribution in [2.45, 2.75) is 71.0 Å². The molecule has 0 heterocycles. The highest BCUT2D eigenvalue weighted by Crippen LogP contribution is 2.30. The summed E-state index contributed by atoms with van der Waals surface area (Å²) in [6, 6.07) is 8.28. The van der Waals surface area contributed by atoms with Crippen molar-refractivity contribution in [3.05, 3.63) is 35.4 Å². The van der Waals surface area contributed by atoms with Gasteiger partial charge < -0.3 is 9.84 Å². The molecule has 1 aromatic carbocycles. The van der Waals surface area contributed by atoms with Crippen molar-refractivity contribution in [2.75, 3.05) is 6.61 Å². The zero-order chi connectivity index (χ0) is 15.2. The van der Waals surface area contributed by atoms with Crippen molar-refractivity contribution in [3.8, 4) is 0 Å². The van der Waals surface area contributed by atoms with Crippen molar-refractivity contribution < 1.29 is 9.84 Å². The summed E-state index contributed by atoms with van der Waals surface area (Å²) < 4.78 is 6.03. The predicted molar refractivity (Wildman–Crippen MR) is 87.5 cm³/mol. The molecule has 0 aromatic heterocycles. The Labute approximate surface area is 129 Å². The average molecular weight is 290 g/mol. The average Bonchev–Trinajstić information content (AvgIpc) is 2.52. The maximum atomic E-state index is 10.3. The van der Waals surface area contributed by atoms with Crippen molar-refractivity contribution in [2.24, 2.45) is 5.92 Å². The largest absolute Gasteiger partial charge is 0.386 e. The Morgan fingerprint density at radius 1 is 1.10 bits per heavy atom. The highest BCUT2D eigenvalue weighted by Gasteiger charge is 2.25. The number of benzene rings is 1. The lowest BCUT2D eigenvalue weighted by Gasteiger charge is -2.31. The van der Waals surface area contributed by atoms with Gasteiger partial charge in [0, 0.05) is 0 Å². The minimum Gasteiger partial charge on any atom is -0.386 e. The van der Waals surface area contributed by atoms with Gasteiger partial charge in [-0.25, -0.2) is 0 Å². The molecular weight excluding hydrogens is 260 g/mol. The van der Waals surface area contributed by atoms with Crippen molar-refractivity contribution >= 4 is 0 Å². The molecule has 1 fully saturated rings. The molecule has 21 heavy (non-hydrogen) atoms. The van der Waals surface area contributed by atoms with E-state index in [-0.39, 0.29) is 0 Å². The van der Waals surface area contributed by atoms with Crippen LogP contribution in [0.3, 0.4) is 0 Å². The Balaban J connectivity index is 1.87. The van der Waals surface area contributed by atoms with Gasteiger partial charge in [0.15, 0.2) is 0 Å². The van der Waals surface area contributed by atoms with Crippen LogP contribution in [0.2, 0.25) is 0 Å². The molecule has 0 amide bonds. The second-order valence-electron chi connectivity index (χ2n) is 6.66. The van der Waals surface area contributed by atoms with Crippen LogP contribution in [0.25, 0.3) is 0 Å². The van der Waals surface area contributed by atoms with E-state index in [0.717, 1.165) is 12.0 Å². The van der Waals surface area contributed by atoms with E-state index >= 15 is 0 Å². The van der Waals surface area contributed by atoms with E-state index in [4.69, 9.17) is 4.74 Å². The lowest BCUT2D eigenvalue weighted by molar-refractivity contribution is -0.0514. The molecule has 3 atom stereocenters. The number of rotatable bonds is 6. The Morgan fingerprint density at radius 2 is 1.71 bits per heavy atom. The van der Waals surface area contributed by atoms with Gasteiger partial charge in [0.05, 0.1) is 12.7 Å². The van der Waals surface area contributed by atoms with Gasteiger partial charge in [0.1, 0.15) is 6.10 Å². The van der Waals surface area contributed by atoms with E-state index in [2.05, 4.69) is 32.9 Å². The summed E-state index contributed by atoms with van der Waals surface area (Å²) in [6.45, 7) is 7.03. The fourth-order valence-corrected chi connectivity index (χ4v) is 3.27. The lowest BCUT2D eigenvalue weighted by atomic mass is 9.85. The van der Waals surface area contributed by atoms with Crippen LogP contribution in [0.5, 0.6) is 0 Å². The summed E-state index contributed by atoms with van der Waals surface area (Å²) in [5.41, 5.74) is 2.27. The summed E-state index contributed by atoms with van der Waals surface area (Å²) in [6.07, 6.45) is 6.04. The second-order valence-corrected chi connectivity index (χ2v) is 6.66. The topological polar surface area (TPSA) is 29.5 Å². The third-order valence-electron chi connectivity index (χ3n) is 4.82. The molecule has 1 N–H and O–H groups in total. The number of aliphatic hydroxyl groups excluding tert-OH is 1. The van der Waals surface area contributed by atoms with Crippen LogP contribution in [-0.2, 0) is 4.74 Å². The summed E-state index contributed by atoms with van der Waals surface area (Å²) >= 11 is 0. The zero-order valence-electron chi connectivity index (χ0n) is 13.7. The molecule has 1 aromatic rings. The van der Waals surface area contributed by atoms with Crippen LogP contribution in [0, 0.1) is 5.92 Å². The van der Waals surface area contributed by atoms with Gasteiger partial charge in [-0.2, -0.15) is 0 Å². The first-order valence-electron chi connectivity index (χ1n) is 8.51. The molecule has 1 aliphatic rings. The normalized spacial score (nSPS) is 24.2. The first-order chi connectivity index (χ1) is 10.1. The Hall–Kier alpha value is -0.860. The number of ether oxygens (including phenoxy) is 1. The number of hydrogen-bond donors (Lipinski definition) is 1. The maximum Gasteiger partial charge on any atom is 0.102 e. The zero-order valence-corrected chi connectivity index (χ0v) is 13.7. The molecule has 0 aliphatic heterocycles. The van der Waals surface area contributed by atoms with Crippen molar-refractivity contribution in [1.82, 2.24) is 0 Å². The molecule has 0 spiro atoms. The van der Waals surface area contributed by atoms with Gasteiger partial charge in [-0.05, 0) is 35.8 Å². The standard InChI is InChI=1S/C19H30O2/c1-4-15-7-5-6-8-19(15)21-13-18(20)17-11-9-16(10-12-17)14(2)3/h9-12,14-15,18-20H,4-8,13H2,1-3H3. The molecule has 2 rings (SSSR count). The maximum absolute atomic E-state index is 10.3. The van der Waals surface area contributed by atoms with Gasteiger partial charge in [-0.1, -0.05) is 64.3 Å². The molecule has 1 saturated carbocycles. The Morgan fingerprint density at radius 3 is 2.33 bits per heavy atom. The number of hydrogen-bond acceptors (Lipinski definition) is 2. The van der Waals surface area contributed by atoms with Gasteiger partial charge in [-0.3, -0.25) is 0 Å². The lowest BCUT2D eigenvalue weighted by Crippen LogP contribution is -2.28. The smallest absolute Gasteiger partial charge is 0.102 e. The van der Waals surface area contributed by atoms with E-state index in [1.54, 1.807) is 0 Å². The molecule has 3 unspecified atom stereocenters. The summed E-state index contributed by atoms with van der Waals surface area (Å²) in [4.78, 5) is 0. The molecule has 2 nitrogen and oxygen atoms in total. The predicted octanol–water partition coefficient (Wildman–Crippen LogP) is 4.83. The molecule has 0 radical (unpaired) electrons. The summed E-state index contributed by atoms with van der Waals surface area (Å²) in [7, 11) is 0. The van der Waals surface area contributed by atoms with Gasteiger partial charge in [0.25, 0.3) is 0 Å². The fourth-order valence-electron chi connectivity index (χ4n) is 3.27. The molecule has 0 bridgehead atoms. The minimum absolute atomic E-state index is 0.341. The summed E-state index contributed by atoms with van der Waals surface area (Å²) in [5.74, 6) is 1.20.